The molecule has 0 N–H and O–H groups in total. The highest BCUT2D eigenvalue weighted by molar-refractivity contribution is 6.20. The molecule has 1 aliphatic carbocycles. The summed E-state index contributed by atoms with van der Waals surface area (Å²) < 4.78 is 0. The van der Waals surface area contributed by atoms with E-state index < -0.39 is 0 Å². The number of hydrogen-bond donors (Lipinski definition) is 0. The van der Waals surface area contributed by atoms with E-state index in [4.69, 9.17) is 11.6 Å². The van der Waals surface area contributed by atoms with E-state index in [1.165, 1.54) is 24.1 Å². The summed E-state index contributed by atoms with van der Waals surface area (Å²) in [6.45, 7) is 4.30. The predicted octanol–water partition coefficient (Wildman–Crippen LogP) is 3.37. The summed E-state index contributed by atoms with van der Waals surface area (Å²) in [7, 11) is 0. The molecule has 14 heavy (non-hydrogen) atoms. The lowest BCUT2D eigenvalue weighted by molar-refractivity contribution is 0.442. The van der Waals surface area contributed by atoms with E-state index in [0.717, 1.165) is 0 Å². The molecule has 1 nitrogen and oxygen atoms in total. The molecular formula is C12H16ClN. The molecule has 0 fully saturated rings. The van der Waals surface area contributed by atoms with Crippen molar-refractivity contribution in [3.8, 4) is 0 Å². The summed E-state index contributed by atoms with van der Waals surface area (Å²) in [5.74, 6) is 1.09. The number of halogens is 1. The minimum absolute atomic E-state index is 0.230. The number of aryl methyl sites for hydroxylation is 1. The summed E-state index contributed by atoms with van der Waals surface area (Å²) in [5.41, 5.74) is 2.70. The zero-order valence-electron chi connectivity index (χ0n) is 8.70. The van der Waals surface area contributed by atoms with Gasteiger partial charge in [0.1, 0.15) is 0 Å². The number of hydrogen-bond acceptors (Lipinski definition) is 1. The first-order chi connectivity index (χ1) is 6.70. The Morgan fingerprint density at radius 1 is 1.50 bits per heavy atom. The van der Waals surface area contributed by atoms with Crippen molar-refractivity contribution < 1.29 is 0 Å². The van der Waals surface area contributed by atoms with Crippen LogP contribution in [0.3, 0.4) is 0 Å². The van der Waals surface area contributed by atoms with Crippen LogP contribution in [0, 0.1) is 5.92 Å². The molecule has 0 amide bonds. The zero-order chi connectivity index (χ0) is 10.1. The topological polar surface area (TPSA) is 12.9 Å². The molecule has 0 spiro atoms. The highest BCUT2D eigenvalue weighted by Gasteiger charge is 2.30. The number of rotatable bonds is 2. The SMILES string of the molecule is CC(Cl)C(C)C1CCc2cccnc21. The highest BCUT2D eigenvalue weighted by atomic mass is 35.5. The smallest absolute Gasteiger partial charge is 0.0469 e. The van der Waals surface area contributed by atoms with Crippen LogP contribution in [-0.2, 0) is 6.42 Å². The highest BCUT2D eigenvalue weighted by Crippen LogP contribution is 2.38. The lowest BCUT2D eigenvalue weighted by Crippen LogP contribution is -2.16. The van der Waals surface area contributed by atoms with Gasteiger partial charge in [0.2, 0.25) is 0 Å². The molecule has 0 saturated heterocycles. The average molecular weight is 210 g/mol. The second kappa shape index (κ2) is 3.90. The molecule has 0 aliphatic heterocycles. The zero-order valence-corrected chi connectivity index (χ0v) is 9.46. The molecule has 1 aromatic heterocycles. The molecule has 1 aliphatic rings. The van der Waals surface area contributed by atoms with Crippen LogP contribution in [0.5, 0.6) is 0 Å². The number of aromatic nitrogens is 1. The molecule has 2 heteroatoms. The van der Waals surface area contributed by atoms with Gasteiger partial charge in [0, 0.05) is 23.2 Å². The van der Waals surface area contributed by atoms with Crippen molar-refractivity contribution >= 4 is 11.6 Å². The molecule has 3 atom stereocenters. The molecule has 0 radical (unpaired) electrons. The maximum absolute atomic E-state index is 6.15. The van der Waals surface area contributed by atoms with E-state index >= 15 is 0 Å². The third-order valence-corrected chi connectivity index (χ3v) is 3.76. The van der Waals surface area contributed by atoms with E-state index in [0.29, 0.717) is 11.8 Å². The van der Waals surface area contributed by atoms with Crippen molar-refractivity contribution in [1.82, 2.24) is 4.98 Å². The van der Waals surface area contributed by atoms with Gasteiger partial charge in [-0.2, -0.15) is 0 Å². The van der Waals surface area contributed by atoms with Crippen LogP contribution >= 0.6 is 11.6 Å². The Hall–Kier alpha value is -0.560. The normalized spacial score (nSPS) is 24.4. The average Bonchev–Trinajstić information content (AvgIpc) is 2.60. The lowest BCUT2D eigenvalue weighted by Gasteiger charge is -2.21. The third kappa shape index (κ3) is 1.66. The number of fused-ring (bicyclic) bond motifs is 1. The number of nitrogens with zero attached hydrogens (tertiary/aromatic N) is 1. The number of alkyl halides is 1. The van der Waals surface area contributed by atoms with E-state index in [9.17, 15) is 0 Å². The molecule has 3 unspecified atom stereocenters. The van der Waals surface area contributed by atoms with Gasteiger partial charge in [-0.15, -0.1) is 11.6 Å². The van der Waals surface area contributed by atoms with Crippen molar-refractivity contribution in [3.05, 3.63) is 29.6 Å². The van der Waals surface area contributed by atoms with Crippen LogP contribution in [0.4, 0.5) is 0 Å². The second-order valence-electron chi connectivity index (χ2n) is 4.23. The Balaban J connectivity index is 2.26. The first-order valence-corrected chi connectivity index (χ1v) is 5.71. The van der Waals surface area contributed by atoms with Crippen LogP contribution in [0.25, 0.3) is 0 Å². The van der Waals surface area contributed by atoms with E-state index in [1.54, 1.807) is 0 Å². The fourth-order valence-corrected chi connectivity index (χ4v) is 2.45. The van der Waals surface area contributed by atoms with Gasteiger partial charge in [0.15, 0.2) is 0 Å². The summed E-state index contributed by atoms with van der Waals surface area (Å²) in [5, 5.41) is 0.230. The first kappa shape index (κ1) is 9.97. The van der Waals surface area contributed by atoms with Gasteiger partial charge in [0.25, 0.3) is 0 Å². The van der Waals surface area contributed by atoms with Gasteiger partial charge in [-0.1, -0.05) is 13.0 Å². The second-order valence-corrected chi connectivity index (χ2v) is 4.92. The fraction of sp³-hybridized carbons (Fsp3) is 0.583. The van der Waals surface area contributed by atoms with Crippen LogP contribution in [0.15, 0.2) is 18.3 Å². The third-order valence-electron chi connectivity index (χ3n) is 3.36. The Morgan fingerprint density at radius 2 is 2.29 bits per heavy atom. The Kier molecular flexibility index (Phi) is 2.78. The van der Waals surface area contributed by atoms with E-state index in [1.807, 2.05) is 12.3 Å². The minimum atomic E-state index is 0.230. The standard InChI is InChI=1S/C12H16ClN/c1-8(9(2)13)11-6-5-10-4-3-7-14-12(10)11/h3-4,7-9,11H,5-6H2,1-2H3. The van der Waals surface area contributed by atoms with Gasteiger partial charge in [-0.3, -0.25) is 4.98 Å². The van der Waals surface area contributed by atoms with E-state index in [-0.39, 0.29) is 5.38 Å². The van der Waals surface area contributed by atoms with Crippen molar-refractivity contribution in [3.63, 3.8) is 0 Å². The molecule has 2 rings (SSSR count). The quantitative estimate of drug-likeness (QED) is 0.681. The number of pyridine rings is 1. The summed E-state index contributed by atoms with van der Waals surface area (Å²) in [6, 6.07) is 4.21. The molecule has 76 valence electrons. The lowest BCUT2D eigenvalue weighted by atomic mass is 9.89. The monoisotopic (exact) mass is 209 g/mol. The maximum atomic E-state index is 6.15. The Labute approximate surface area is 90.5 Å². The Morgan fingerprint density at radius 3 is 3.00 bits per heavy atom. The van der Waals surface area contributed by atoms with Gasteiger partial charge < -0.3 is 0 Å². The van der Waals surface area contributed by atoms with Crippen LogP contribution in [-0.4, -0.2) is 10.4 Å². The van der Waals surface area contributed by atoms with Crippen molar-refractivity contribution in [2.45, 2.75) is 38.0 Å². The van der Waals surface area contributed by atoms with Crippen molar-refractivity contribution in [1.29, 1.82) is 0 Å². The summed E-state index contributed by atoms with van der Waals surface area (Å²) in [4.78, 5) is 4.49. The molecule has 0 bridgehead atoms. The van der Waals surface area contributed by atoms with Gasteiger partial charge >= 0.3 is 0 Å². The van der Waals surface area contributed by atoms with E-state index in [2.05, 4.69) is 24.9 Å². The molecular weight excluding hydrogens is 194 g/mol. The first-order valence-electron chi connectivity index (χ1n) is 5.28. The van der Waals surface area contributed by atoms with Crippen LogP contribution in [0.1, 0.15) is 37.4 Å². The van der Waals surface area contributed by atoms with Crippen molar-refractivity contribution in [2.75, 3.05) is 0 Å². The molecule has 0 saturated carbocycles. The van der Waals surface area contributed by atoms with Gasteiger partial charge in [-0.05, 0) is 37.3 Å². The maximum Gasteiger partial charge on any atom is 0.0469 e. The van der Waals surface area contributed by atoms with Gasteiger partial charge in [0.05, 0.1) is 0 Å². The fourth-order valence-electron chi connectivity index (χ4n) is 2.28. The molecule has 0 aromatic carbocycles. The van der Waals surface area contributed by atoms with Crippen molar-refractivity contribution in [2.24, 2.45) is 5.92 Å². The van der Waals surface area contributed by atoms with Gasteiger partial charge in [-0.25, -0.2) is 0 Å². The Bertz CT molecular complexity index is 322. The van der Waals surface area contributed by atoms with Crippen LogP contribution in [0.2, 0.25) is 0 Å². The minimum Gasteiger partial charge on any atom is -0.261 e. The van der Waals surface area contributed by atoms with Crippen LogP contribution < -0.4 is 0 Å². The predicted molar refractivity (Wildman–Crippen MR) is 59.8 cm³/mol. The summed E-state index contributed by atoms with van der Waals surface area (Å²) in [6.07, 6.45) is 4.27. The molecule has 1 aromatic rings. The largest absolute Gasteiger partial charge is 0.261 e. The summed E-state index contributed by atoms with van der Waals surface area (Å²) >= 11 is 6.15. The molecule has 1 heterocycles.